The van der Waals surface area contributed by atoms with Crippen molar-refractivity contribution in [1.29, 1.82) is 0 Å². The molecule has 166 valence electrons. The van der Waals surface area contributed by atoms with E-state index in [9.17, 15) is 9.59 Å². The van der Waals surface area contributed by atoms with Gasteiger partial charge in [-0.2, -0.15) is 0 Å². The summed E-state index contributed by atoms with van der Waals surface area (Å²) in [7, 11) is 0. The number of rotatable bonds is 7. The highest BCUT2D eigenvalue weighted by atomic mass is 32.2. The van der Waals surface area contributed by atoms with Crippen molar-refractivity contribution in [3.8, 4) is 11.3 Å². The third-order valence-electron chi connectivity index (χ3n) is 5.57. The van der Waals surface area contributed by atoms with E-state index in [1.54, 1.807) is 0 Å². The molecule has 1 aromatic heterocycles. The van der Waals surface area contributed by atoms with Crippen molar-refractivity contribution in [2.24, 2.45) is 0 Å². The van der Waals surface area contributed by atoms with E-state index >= 15 is 0 Å². The van der Waals surface area contributed by atoms with Crippen molar-refractivity contribution in [3.05, 3.63) is 70.6 Å². The highest BCUT2D eigenvalue weighted by Crippen LogP contribution is 2.26. The molecule has 3 aromatic rings. The molecule has 0 saturated heterocycles. The number of amides is 2. The van der Waals surface area contributed by atoms with E-state index in [1.807, 2.05) is 22.4 Å². The van der Waals surface area contributed by atoms with E-state index in [1.165, 1.54) is 39.8 Å². The third-order valence-corrected chi connectivity index (χ3v) is 7.24. The highest BCUT2D eigenvalue weighted by Gasteiger charge is 2.20. The number of nitrogens with zero attached hydrogens (tertiary/aromatic N) is 2. The lowest BCUT2D eigenvalue weighted by Crippen LogP contribution is -2.37. The van der Waals surface area contributed by atoms with Gasteiger partial charge in [-0.1, -0.05) is 62.4 Å². The normalized spacial score (nSPS) is 13.2. The number of thiazole rings is 1. The summed E-state index contributed by atoms with van der Waals surface area (Å²) in [6, 6.07) is 16.6. The topological polar surface area (TPSA) is 62.3 Å². The summed E-state index contributed by atoms with van der Waals surface area (Å²) < 4.78 is 0. The van der Waals surface area contributed by atoms with Gasteiger partial charge in [-0.15, -0.1) is 23.1 Å². The van der Waals surface area contributed by atoms with Crippen molar-refractivity contribution in [3.63, 3.8) is 0 Å². The van der Waals surface area contributed by atoms with Gasteiger partial charge in [0.15, 0.2) is 5.13 Å². The van der Waals surface area contributed by atoms with Crippen molar-refractivity contribution in [2.45, 2.75) is 32.7 Å². The lowest BCUT2D eigenvalue weighted by Gasteiger charge is -2.28. The molecule has 0 fully saturated rings. The Hall–Kier alpha value is -2.64. The molecular formula is C25H27N3O2S2. The van der Waals surface area contributed by atoms with E-state index in [2.05, 4.69) is 60.5 Å². The van der Waals surface area contributed by atoms with Crippen LogP contribution in [0.2, 0.25) is 0 Å². The molecule has 4 rings (SSSR count). The van der Waals surface area contributed by atoms with Gasteiger partial charge in [0.2, 0.25) is 11.8 Å². The maximum Gasteiger partial charge on any atom is 0.236 e. The number of anilines is 1. The average Bonchev–Trinajstić information content (AvgIpc) is 3.27. The zero-order valence-electron chi connectivity index (χ0n) is 18.3. The molecule has 0 spiro atoms. The Morgan fingerprint density at radius 1 is 1.09 bits per heavy atom. The first kappa shape index (κ1) is 22.6. The molecular weight excluding hydrogens is 438 g/mol. The summed E-state index contributed by atoms with van der Waals surface area (Å²) in [6.45, 7) is 5.73. The second kappa shape index (κ2) is 10.3. The Morgan fingerprint density at radius 2 is 1.84 bits per heavy atom. The first-order chi connectivity index (χ1) is 15.5. The minimum absolute atomic E-state index is 0.0821. The van der Waals surface area contributed by atoms with Crippen molar-refractivity contribution < 1.29 is 9.59 Å². The van der Waals surface area contributed by atoms with Crippen LogP contribution in [0.3, 0.4) is 0 Å². The Bertz CT molecular complexity index is 1090. The number of fused-ring (bicyclic) bond motifs is 1. The number of carbonyl (C=O) groups excluding carboxylic acids is 2. The maximum atomic E-state index is 12.5. The first-order valence-corrected chi connectivity index (χ1v) is 12.8. The fourth-order valence-electron chi connectivity index (χ4n) is 3.69. The molecule has 0 unspecified atom stereocenters. The minimum atomic E-state index is -0.136. The lowest BCUT2D eigenvalue weighted by atomic mass is 10.00. The molecule has 1 N–H and O–H groups in total. The summed E-state index contributed by atoms with van der Waals surface area (Å²) in [5.74, 6) is 0.973. The second-order valence-corrected chi connectivity index (χ2v) is 10.0. The Kier molecular flexibility index (Phi) is 7.27. The number of benzene rings is 2. The van der Waals surface area contributed by atoms with Gasteiger partial charge in [-0.3, -0.25) is 9.59 Å². The standard InChI is InChI=1S/C25H27N3O2S2/c1-17(2)18-7-9-20(10-8-18)22-14-32-25(26-22)27-23(29)15-31-16-24(30)28-12-11-19-5-3-4-6-21(19)13-28/h3-10,14,17H,11-13,15-16H2,1-2H3,(H,26,27,29). The quantitative estimate of drug-likeness (QED) is 0.522. The molecule has 2 heterocycles. The molecule has 7 heteroatoms. The molecule has 0 atom stereocenters. The fourth-order valence-corrected chi connectivity index (χ4v) is 5.14. The van der Waals surface area contributed by atoms with Crippen LogP contribution in [0.4, 0.5) is 5.13 Å². The van der Waals surface area contributed by atoms with Crippen molar-refractivity contribution >= 4 is 40.0 Å². The third kappa shape index (κ3) is 5.58. The van der Waals surface area contributed by atoms with Gasteiger partial charge >= 0.3 is 0 Å². The SMILES string of the molecule is CC(C)c1ccc(-c2csc(NC(=O)CSCC(=O)N3CCc4ccccc4C3)n2)cc1. The van der Waals surface area contributed by atoms with Crippen LogP contribution in [-0.4, -0.2) is 39.7 Å². The van der Waals surface area contributed by atoms with Crippen LogP contribution >= 0.6 is 23.1 Å². The molecule has 0 aliphatic carbocycles. The van der Waals surface area contributed by atoms with E-state index in [0.717, 1.165) is 24.2 Å². The van der Waals surface area contributed by atoms with Crippen LogP contribution in [0, 0.1) is 0 Å². The fraction of sp³-hybridized carbons (Fsp3) is 0.320. The Balaban J connectivity index is 1.23. The molecule has 1 aliphatic heterocycles. The van der Waals surface area contributed by atoms with Gasteiger partial charge in [-0.25, -0.2) is 4.98 Å². The Morgan fingerprint density at radius 3 is 2.59 bits per heavy atom. The number of nitrogens with one attached hydrogen (secondary N) is 1. The van der Waals surface area contributed by atoms with Gasteiger partial charge in [0.25, 0.3) is 0 Å². The van der Waals surface area contributed by atoms with Gasteiger partial charge in [0.1, 0.15) is 0 Å². The zero-order valence-corrected chi connectivity index (χ0v) is 20.0. The smallest absolute Gasteiger partial charge is 0.236 e. The van der Waals surface area contributed by atoms with Crippen LogP contribution in [0.1, 0.15) is 36.5 Å². The largest absolute Gasteiger partial charge is 0.337 e. The van der Waals surface area contributed by atoms with Gasteiger partial charge < -0.3 is 10.2 Å². The number of hydrogen-bond acceptors (Lipinski definition) is 5. The predicted molar refractivity (Wildman–Crippen MR) is 133 cm³/mol. The average molecular weight is 466 g/mol. The summed E-state index contributed by atoms with van der Waals surface area (Å²) >= 11 is 2.76. The van der Waals surface area contributed by atoms with Crippen LogP contribution in [0.15, 0.2) is 53.9 Å². The summed E-state index contributed by atoms with van der Waals surface area (Å²) in [4.78, 5) is 31.3. The van der Waals surface area contributed by atoms with E-state index in [4.69, 9.17) is 0 Å². The van der Waals surface area contributed by atoms with Gasteiger partial charge in [-0.05, 0) is 29.0 Å². The molecule has 32 heavy (non-hydrogen) atoms. The van der Waals surface area contributed by atoms with Crippen LogP contribution in [-0.2, 0) is 22.6 Å². The molecule has 5 nitrogen and oxygen atoms in total. The van der Waals surface area contributed by atoms with E-state index in [0.29, 0.717) is 23.3 Å². The number of hydrogen-bond donors (Lipinski definition) is 1. The second-order valence-electron chi connectivity index (χ2n) is 8.19. The number of carbonyl (C=O) groups is 2. The maximum absolute atomic E-state index is 12.5. The molecule has 0 saturated carbocycles. The van der Waals surface area contributed by atoms with Gasteiger partial charge in [0.05, 0.1) is 17.2 Å². The molecule has 0 bridgehead atoms. The lowest BCUT2D eigenvalue weighted by molar-refractivity contribution is -0.129. The highest BCUT2D eigenvalue weighted by molar-refractivity contribution is 8.00. The molecule has 0 radical (unpaired) electrons. The van der Waals surface area contributed by atoms with Crippen molar-refractivity contribution in [2.75, 3.05) is 23.4 Å². The summed E-state index contributed by atoms with van der Waals surface area (Å²) in [5, 5.41) is 5.38. The predicted octanol–water partition coefficient (Wildman–Crippen LogP) is 5.19. The first-order valence-electron chi connectivity index (χ1n) is 10.8. The zero-order chi connectivity index (χ0) is 22.5. The van der Waals surface area contributed by atoms with E-state index < -0.39 is 0 Å². The molecule has 2 aromatic carbocycles. The Labute approximate surface area is 197 Å². The van der Waals surface area contributed by atoms with E-state index in [-0.39, 0.29) is 17.6 Å². The minimum Gasteiger partial charge on any atom is -0.337 e. The summed E-state index contributed by atoms with van der Waals surface area (Å²) in [5.41, 5.74) is 5.72. The monoisotopic (exact) mass is 465 g/mol. The summed E-state index contributed by atoms with van der Waals surface area (Å²) in [6.07, 6.45) is 0.889. The van der Waals surface area contributed by atoms with Gasteiger partial charge in [0, 0.05) is 24.0 Å². The van der Waals surface area contributed by atoms with Crippen LogP contribution in [0.5, 0.6) is 0 Å². The number of thioether (sulfide) groups is 1. The molecule has 2 amide bonds. The molecule has 1 aliphatic rings. The van der Waals surface area contributed by atoms with Crippen LogP contribution < -0.4 is 5.32 Å². The number of aromatic nitrogens is 1. The van der Waals surface area contributed by atoms with Crippen LogP contribution in [0.25, 0.3) is 11.3 Å². The van der Waals surface area contributed by atoms with Crippen molar-refractivity contribution in [1.82, 2.24) is 9.88 Å².